The van der Waals surface area contributed by atoms with Gasteiger partial charge in [-0.15, -0.1) is 0 Å². The van der Waals surface area contributed by atoms with Crippen LogP contribution >= 0.6 is 0 Å². The number of anilines is 1. The van der Waals surface area contributed by atoms with Gasteiger partial charge in [-0.25, -0.2) is 4.79 Å². The molecular formula is C15H25N3O. The van der Waals surface area contributed by atoms with E-state index in [9.17, 15) is 4.79 Å². The number of nitrogens with one attached hydrogen (secondary N) is 1. The molecule has 0 atom stereocenters. The van der Waals surface area contributed by atoms with E-state index in [0.717, 1.165) is 43.6 Å². The average Bonchev–Trinajstić information content (AvgIpc) is 2.45. The number of unbranched alkanes of at least 4 members (excludes halogenated alkanes) is 1. The van der Waals surface area contributed by atoms with E-state index >= 15 is 0 Å². The zero-order valence-corrected chi connectivity index (χ0v) is 12.0. The molecule has 0 unspecified atom stereocenters. The Hall–Kier alpha value is -1.55. The van der Waals surface area contributed by atoms with Crippen molar-refractivity contribution in [2.24, 2.45) is 5.73 Å². The van der Waals surface area contributed by atoms with E-state index in [1.807, 2.05) is 24.3 Å². The van der Waals surface area contributed by atoms with Crippen LogP contribution in [0.4, 0.5) is 10.5 Å². The number of hydrogen-bond acceptors (Lipinski definition) is 2. The number of carbonyl (C=O) groups is 1. The molecule has 19 heavy (non-hydrogen) atoms. The lowest BCUT2D eigenvalue weighted by Crippen LogP contribution is -2.41. The van der Waals surface area contributed by atoms with E-state index in [1.54, 1.807) is 4.90 Å². The van der Waals surface area contributed by atoms with Crippen molar-refractivity contribution < 1.29 is 4.79 Å². The minimum Gasteiger partial charge on any atom is -0.338 e. The number of benzene rings is 1. The molecule has 0 saturated heterocycles. The Morgan fingerprint density at radius 1 is 1.21 bits per heavy atom. The van der Waals surface area contributed by atoms with E-state index in [1.165, 1.54) is 0 Å². The van der Waals surface area contributed by atoms with Crippen molar-refractivity contribution in [1.82, 2.24) is 5.32 Å². The maximum Gasteiger partial charge on any atom is 0.321 e. The number of hydrogen-bond donors (Lipinski definition) is 2. The highest BCUT2D eigenvalue weighted by Gasteiger charge is 2.13. The highest BCUT2D eigenvalue weighted by atomic mass is 16.2. The van der Waals surface area contributed by atoms with Crippen LogP contribution in [0.3, 0.4) is 0 Å². The maximum absolute atomic E-state index is 12.2. The second-order valence-corrected chi connectivity index (χ2v) is 4.61. The van der Waals surface area contributed by atoms with Crippen molar-refractivity contribution in [3.8, 4) is 0 Å². The van der Waals surface area contributed by atoms with Gasteiger partial charge in [-0.1, -0.05) is 32.4 Å². The predicted molar refractivity (Wildman–Crippen MR) is 80.3 cm³/mol. The third kappa shape index (κ3) is 4.91. The highest BCUT2D eigenvalue weighted by molar-refractivity contribution is 5.91. The van der Waals surface area contributed by atoms with Crippen LogP contribution in [0.25, 0.3) is 0 Å². The lowest BCUT2D eigenvalue weighted by Gasteiger charge is -2.23. The maximum atomic E-state index is 12.2. The fourth-order valence-corrected chi connectivity index (χ4v) is 1.85. The van der Waals surface area contributed by atoms with Crippen molar-refractivity contribution in [3.63, 3.8) is 0 Å². The van der Waals surface area contributed by atoms with Gasteiger partial charge >= 0.3 is 6.03 Å². The topological polar surface area (TPSA) is 58.4 Å². The van der Waals surface area contributed by atoms with E-state index in [4.69, 9.17) is 5.73 Å². The molecule has 0 aliphatic rings. The Bertz CT molecular complexity index is 375. The third-order valence-electron chi connectivity index (χ3n) is 2.98. The van der Waals surface area contributed by atoms with Crippen LogP contribution in [-0.4, -0.2) is 19.1 Å². The minimum absolute atomic E-state index is 0.0178. The summed E-state index contributed by atoms with van der Waals surface area (Å²) in [5.41, 5.74) is 7.58. The Balaban J connectivity index is 2.71. The number of amides is 2. The summed E-state index contributed by atoms with van der Waals surface area (Å²) in [5, 5.41) is 2.96. The average molecular weight is 263 g/mol. The SMILES string of the molecule is CCCCNC(=O)N(CCC)c1ccc(CN)cc1. The number of carbonyl (C=O) groups excluding carboxylic acids is 1. The lowest BCUT2D eigenvalue weighted by atomic mass is 10.2. The summed E-state index contributed by atoms with van der Waals surface area (Å²) in [6.45, 7) is 6.16. The molecular weight excluding hydrogens is 238 g/mol. The van der Waals surface area contributed by atoms with Crippen LogP contribution in [0.5, 0.6) is 0 Å². The smallest absolute Gasteiger partial charge is 0.321 e. The summed E-state index contributed by atoms with van der Waals surface area (Å²) in [6.07, 6.45) is 3.02. The summed E-state index contributed by atoms with van der Waals surface area (Å²) < 4.78 is 0. The zero-order valence-electron chi connectivity index (χ0n) is 12.0. The molecule has 0 heterocycles. The van der Waals surface area contributed by atoms with Gasteiger partial charge < -0.3 is 11.1 Å². The molecule has 106 valence electrons. The van der Waals surface area contributed by atoms with Crippen LogP contribution < -0.4 is 16.0 Å². The standard InChI is InChI=1S/C15H25N3O/c1-3-5-10-17-15(19)18(11-4-2)14-8-6-13(12-16)7-9-14/h6-9H,3-5,10-12,16H2,1-2H3,(H,17,19). The summed E-state index contributed by atoms with van der Waals surface area (Å²) >= 11 is 0. The summed E-state index contributed by atoms with van der Waals surface area (Å²) in [4.78, 5) is 13.9. The molecule has 0 spiro atoms. The Kier molecular flexibility index (Phi) is 6.97. The summed E-state index contributed by atoms with van der Waals surface area (Å²) in [7, 11) is 0. The van der Waals surface area contributed by atoms with E-state index in [-0.39, 0.29) is 6.03 Å². The van der Waals surface area contributed by atoms with Gasteiger partial charge in [-0.05, 0) is 30.5 Å². The van der Waals surface area contributed by atoms with Crippen molar-refractivity contribution in [1.29, 1.82) is 0 Å². The lowest BCUT2D eigenvalue weighted by molar-refractivity contribution is 0.246. The fraction of sp³-hybridized carbons (Fsp3) is 0.533. The third-order valence-corrected chi connectivity index (χ3v) is 2.98. The molecule has 1 aromatic carbocycles. The van der Waals surface area contributed by atoms with Gasteiger partial charge in [0.2, 0.25) is 0 Å². The van der Waals surface area contributed by atoms with Crippen molar-refractivity contribution in [3.05, 3.63) is 29.8 Å². The first-order chi connectivity index (χ1) is 9.22. The zero-order chi connectivity index (χ0) is 14.1. The quantitative estimate of drug-likeness (QED) is 0.743. The molecule has 0 fully saturated rings. The molecule has 0 bridgehead atoms. The van der Waals surface area contributed by atoms with Gasteiger partial charge in [-0.2, -0.15) is 0 Å². The monoisotopic (exact) mass is 263 g/mol. The van der Waals surface area contributed by atoms with Crippen LogP contribution in [0.1, 0.15) is 38.7 Å². The first-order valence-electron chi connectivity index (χ1n) is 7.07. The van der Waals surface area contributed by atoms with Crippen molar-refractivity contribution in [2.75, 3.05) is 18.0 Å². The Morgan fingerprint density at radius 2 is 1.89 bits per heavy atom. The van der Waals surface area contributed by atoms with Crippen LogP contribution in [0.2, 0.25) is 0 Å². The van der Waals surface area contributed by atoms with Gasteiger partial charge in [0.05, 0.1) is 0 Å². The predicted octanol–water partition coefficient (Wildman–Crippen LogP) is 2.87. The highest BCUT2D eigenvalue weighted by Crippen LogP contribution is 2.16. The van der Waals surface area contributed by atoms with Crippen LogP contribution in [-0.2, 0) is 6.54 Å². The Morgan fingerprint density at radius 3 is 2.42 bits per heavy atom. The van der Waals surface area contributed by atoms with Gasteiger partial charge in [0.25, 0.3) is 0 Å². The first-order valence-corrected chi connectivity index (χ1v) is 7.07. The molecule has 0 aromatic heterocycles. The molecule has 2 amide bonds. The second kappa shape index (κ2) is 8.53. The largest absolute Gasteiger partial charge is 0.338 e. The van der Waals surface area contributed by atoms with Gasteiger partial charge in [0.1, 0.15) is 0 Å². The van der Waals surface area contributed by atoms with Gasteiger partial charge in [0, 0.05) is 25.3 Å². The van der Waals surface area contributed by atoms with Crippen molar-refractivity contribution in [2.45, 2.75) is 39.7 Å². The molecule has 1 aromatic rings. The number of rotatable bonds is 7. The van der Waals surface area contributed by atoms with Gasteiger partial charge in [-0.3, -0.25) is 4.90 Å². The number of nitrogens with two attached hydrogens (primary N) is 1. The molecule has 4 nitrogen and oxygen atoms in total. The van der Waals surface area contributed by atoms with Crippen LogP contribution in [0, 0.1) is 0 Å². The summed E-state index contributed by atoms with van der Waals surface area (Å²) in [5.74, 6) is 0. The minimum atomic E-state index is -0.0178. The molecule has 0 aliphatic carbocycles. The van der Waals surface area contributed by atoms with E-state index in [0.29, 0.717) is 6.54 Å². The molecule has 0 saturated carbocycles. The normalized spacial score (nSPS) is 10.3. The Labute approximate surface area is 116 Å². The molecule has 0 aliphatic heterocycles. The second-order valence-electron chi connectivity index (χ2n) is 4.61. The van der Waals surface area contributed by atoms with Crippen molar-refractivity contribution >= 4 is 11.7 Å². The van der Waals surface area contributed by atoms with Gasteiger partial charge in [0.15, 0.2) is 0 Å². The molecule has 3 N–H and O–H groups in total. The molecule has 1 rings (SSSR count). The molecule has 4 heteroatoms. The fourth-order valence-electron chi connectivity index (χ4n) is 1.85. The number of urea groups is 1. The summed E-state index contributed by atoms with van der Waals surface area (Å²) in [6, 6.07) is 7.83. The van der Waals surface area contributed by atoms with E-state index < -0.39 is 0 Å². The van der Waals surface area contributed by atoms with E-state index in [2.05, 4.69) is 19.2 Å². The first kappa shape index (κ1) is 15.5. The number of nitrogens with zero attached hydrogens (tertiary/aromatic N) is 1. The van der Waals surface area contributed by atoms with Crippen LogP contribution in [0.15, 0.2) is 24.3 Å². The molecule has 0 radical (unpaired) electrons.